The molecule has 0 saturated heterocycles. The predicted molar refractivity (Wildman–Crippen MR) is 97.4 cm³/mol. The summed E-state index contributed by atoms with van der Waals surface area (Å²) in [5, 5.41) is 0. The fraction of sp³-hybridized carbons (Fsp3) is 0.300. The van der Waals surface area contributed by atoms with E-state index in [-0.39, 0.29) is 11.9 Å². The third-order valence-electron chi connectivity index (χ3n) is 4.33. The number of hydrogen-bond donors (Lipinski definition) is 1. The van der Waals surface area contributed by atoms with Crippen molar-refractivity contribution in [1.29, 1.82) is 0 Å². The molecule has 1 aliphatic rings. The Morgan fingerprint density at radius 3 is 2.68 bits per heavy atom. The number of anilines is 2. The van der Waals surface area contributed by atoms with Crippen LogP contribution < -0.4 is 10.6 Å². The Balaban J connectivity index is 1.62. The van der Waals surface area contributed by atoms with Crippen molar-refractivity contribution in [1.82, 2.24) is 0 Å². The molecule has 0 spiro atoms. The molecule has 1 aliphatic heterocycles. The molecule has 5 nitrogen and oxygen atoms in total. The summed E-state index contributed by atoms with van der Waals surface area (Å²) >= 11 is 0. The van der Waals surface area contributed by atoms with Gasteiger partial charge in [0, 0.05) is 23.4 Å². The van der Waals surface area contributed by atoms with E-state index in [1.807, 2.05) is 37.3 Å². The van der Waals surface area contributed by atoms with E-state index in [1.54, 1.807) is 17.0 Å². The average molecular weight is 338 g/mol. The highest BCUT2D eigenvalue weighted by molar-refractivity contribution is 6.10. The van der Waals surface area contributed by atoms with Crippen LogP contribution in [0.4, 0.5) is 11.4 Å². The summed E-state index contributed by atoms with van der Waals surface area (Å²) in [4.78, 5) is 25.6. The standard InChI is InChI=1S/C20H22N2O3/c1-2-25-19(23)5-3-4-14-6-9-17(10-7-14)22-13-15-12-16(21)8-11-18(15)20(22)24/h6-12H,2-5,13,21H2,1H3. The lowest BCUT2D eigenvalue weighted by atomic mass is 10.1. The van der Waals surface area contributed by atoms with Crippen LogP contribution in [-0.4, -0.2) is 18.5 Å². The van der Waals surface area contributed by atoms with Gasteiger partial charge in [-0.2, -0.15) is 0 Å². The minimum Gasteiger partial charge on any atom is -0.466 e. The Morgan fingerprint density at radius 1 is 1.20 bits per heavy atom. The van der Waals surface area contributed by atoms with E-state index < -0.39 is 0 Å². The molecule has 25 heavy (non-hydrogen) atoms. The van der Waals surface area contributed by atoms with E-state index >= 15 is 0 Å². The second-order valence-electron chi connectivity index (χ2n) is 6.13. The lowest BCUT2D eigenvalue weighted by Gasteiger charge is -2.16. The molecule has 2 aromatic carbocycles. The largest absolute Gasteiger partial charge is 0.466 e. The van der Waals surface area contributed by atoms with Crippen molar-refractivity contribution in [2.45, 2.75) is 32.7 Å². The van der Waals surface area contributed by atoms with Crippen molar-refractivity contribution in [3.05, 3.63) is 59.2 Å². The van der Waals surface area contributed by atoms with Crippen LogP contribution in [0.25, 0.3) is 0 Å². The molecular formula is C20H22N2O3. The molecule has 1 heterocycles. The number of aryl methyl sites for hydroxylation is 1. The Labute approximate surface area is 147 Å². The Kier molecular flexibility index (Phi) is 5.03. The number of ether oxygens (including phenoxy) is 1. The first-order valence-corrected chi connectivity index (χ1v) is 8.53. The summed E-state index contributed by atoms with van der Waals surface area (Å²) in [6.07, 6.45) is 1.99. The minimum absolute atomic E-state index is 0.00469. The van der Waals surface area contributed by atoms with Gasteiger partial charge in [0.2, 0.25) is 0 Å². The molecule has 0 aromatic heterocycles. The Bertz CT molecular complexity index is 784. The number of hydrogen-bond acceptors (Lipinski definition) is 4. The van der Waals surface area contributed by atoms with Crippen LogP contribution in [0.5, 0.6) is 0 Å². The van der Waals surface area contributed by atoms with Gasteiger partial charge in [-0.25, -0.2) is 0 Å². The number of esters is 1. The molecule has 0 unspecified atom stereocenters. The molecule has 0 aliphatic carbocycles. The second-order valence-corrected chi connectivity index (χ2v) is 6.13. The Hall–Kier alpha value is -2.82. The third-order valence-corrected chi connectivity index (χ3v) is 4.33. The van der Waals surface area contributed by atoms with Crippen LogP contribution in [0.2, 0.25) is 0 Å². The number of carbonyl (C=O) groups is 2. The maximum Gasteiger partial charge on any atom is 0.305 e. The van der Waals surface area contributed by atoms with Gasteiger partial charge < -0.3 is 15.4 Å². The van der Waals surface area contributed by atoms with Crippen LogP contribution in [-0.2, 0) is 22.5 Å². The molecule has 3 rings (SSSR count). The number of fused-ring (bicyclic) bond motifs is 1. The zero-order valence-electron chi connectivity index (χ0n) is 14.3. The molecule has 0 atom stereocenters. The smallest absolute Gasteiger partial charge is 0.305 e. The van der Waals surface area contributed by atoms with Gasteiger partial charge in [-0.1, -0.05) is 12.1 Å². The van der Waals surface area contributed by atoms with E-state index in [1.165, 1.54) is 0 Å². The second kappa shape index (κ2) is 7.38. The maximum atomic E-state index is 12.5. The highest BCUT2D eigenvalue weighted by Gasteiger charge is 2.28. The molecule has 2 N–H and O–H groups in total. The van der Waals surface area contributed by atoms with Crippen LogP contribution in [0, 0.1) is 0 Å². The molecule has 0 saturated carbocycles. The van der Waals surface area contributed by atoms with Crippen molar-refractivity contribution < 1.29 is 14.3 Å². The molecule has 5 heteroatoms. The minimum atomic E-state index is -0.154. The first-order valence-electron chi connectivity index (χ1n) is 8.53. The number of carbonyl (C=O) groups excluding carboxylic acids is 2. The number of amides is 1. The zero-order valence-corrected chi connectivity index (χ0v) is 14.3. The molecular weight excluding hydrogens is 316 g/mol. The number of rotatable bonds is 6. The van der Waals surface area contributed by atoms with Crippen LogP contribution >= 0.6 is 0 Å². The van der Waals surface area contributed by atoms with Gasteiger partial charge in [-0.05, 0) is 61.2 Å². The van der Waals surface area contributed by atoms with Crippen molar-refractivity contribution in [2.75, 3.05) is 17.2 Å². The van der Waals surface area contributed by atoms with Crippen molar-refractivity contribution >= 4 is 23.3 Å². The predicted octanol–water partition coefficient (Wildman–Crippen LogP) is 3.32. The van der Waals surface area contributed by atoms with E-state index in [9.17, 15) is 9.59 Å². The van der Waals surface area contributed by atoms with Crippen LogP contribution in [0.15, 0.2) is 42.5 Å². The molecule has 0 bridgehead atoms. The first kappa shape index (κ1) is 17.0. The van der Waals surface area contributed by atoms with Gasteiger partial charge >= 0.3 is 5.97 Å². The molecule has 0 radical (unpaired) electrons. The lowest BCUT2D eigenvalue weighted by Crippen LogP contribution is -2.22. The monoisotopic (exact) mass is 338 g/mol. The molecule has 2 aromatic rings. The van der Waals surface area contributed by atoms with E-state index in [0.717, 1.165) is 29.7 Å². The summed E-state index contributed by atoms with van der Waals surface area (Å²) in [7, 11) is 0. The maximum absolute atomic E-state index is 12.5. The quantitative estimate of drug-likeness (QED) is 0.648. The van der Waals surface area contributed by atoms with Gasteiger partial charge in [-0.3, -0.25) is 9.59 Å². The van der Waals surface area contributed by atoms with Crippen LogP contribution in [0.3, 0.4) is 0 Å². The summed E-state index contributed by atoms with van der Waals surface area (Å²) in [6, 6.07) is 13.3. The van der Waals surface area contributed by atoms with Gasteiger partial charge in [-0.15, -0.1) is 0 Å². The van der Waals surface area contributed by atoms with E-state index in [4.69, 9.17) is 10.5 Å². The average Bonchev–Trinajstić information content (AvgIpc) is 2.92. The highest BCUT2D eigenvalue weighted by Crippen LogP contribution is 2.29. The number of nitrogens with zero attached hydrogens (tertiary/aromatic N) is 1. The summed E-state index contributed by atoms with van der Waals surface area (Å²) in [6.45, 7) is 2.77. The van der Waals surface area contributed by atoms with E-state index in [2.05, 4.69) is 0 Å². The fourth-order valence-corrected chi connectivity index (χ4v) is 3.06. The zero-order chi connectivity index (χ0) is 17.8. The number of benzene rings is 2. The summed E-state index contributed by atoms with van der Waals surface area (Å²) in [5.41, 5.74) is 10.2. The van der Waals surface area contributed by atoms with Crippen molar-refractivity contribution in [3.63, 3.8) is 0 Å². The van der Waals surface area contributed by atoms with Gasteiger partial charge in [0.1, 0.15) is 0 Å². The SMILES string of the molecule is CCOC(=O)CCCc1ccc(N2Cc3cc(N)ccc3C2=O)cc1. The van der Waals surface area contributed by atoms with Gasteiger partial charge in [0.15, 0.2) is 0 Å². The third kappa shape index (κ3) is 3.82. The highest BCUT2D eigenvalue weighted by atomic mass is 16.5. The summed E-state index contributed by atoms with van der Waals surface area (Å²) in [5.74, 6) is -0.149. The first-order chi connectivity index (χ1) is 12.1. The Morgan fingerprint density at radius 2 is 1.96 bits per heavy atom. The number of nitrogen functional groups attached to an aromatic ring is 1. The van der Waals surface area contributed by atoms with Crippen molar-refractivity contribution in [3.8, 4) is 0 Å². The normalized spacial score (nSPS) is 13.0. The van der Waals surface area contributed by atoms with E-state index in [0.29, 0.717) is 30.8 Å². The van der Waals surface area contributed by atoms with Crippen LogP contribution in [0.1, 0.15) is 41.3 Å². The summed E-state index contributed by atoms with van der Waals surface area (Å²) < 4.78 is 4.93. The molecule has 130 valence electrons. The fourth-order valence-electron chi connectivity index (χ4n) is 3.06. The van der Waals surface area contributed by atoms with Gasteiger partial charge in [0.05, 0.1) is 13.2 Å². The lowest BCUT2D eigenvalue weighted by molar-refractivity contribution is -0.143. The topological polar surface area (TPSA) is 72.6 Å². The van der Waals surface area contributed by atoms with Crippen molar-refractivity contribution in [2.24, 2.45) is 0 Å². The van der Waals surface area contributed by atoms with Gasteiger partial charge in [0.25, 0.3) is 5.91 Å². The molecule has 1 amide bonds. The molecule has 0 fully saturated rings. The number of nitrogens with two attached hydrogens (primary N) is 1.